The molecule has 3 rings (SSSR count). The van der Waals surface area contributed by atoms with Crippen molar-refractivity contribution in [2.45, 2.75) is 20.4 Å². The van der Waals surface area contributed by atoms with Crippen LogP contribution in [0.2, 0.25) is 10.0 Å². The molecule has 2 heterocycles. The van der Waals surface area contributed by atoms with Gasteiger partial charge in [0.05, 0.1) is 34.0 Å². The molecule has 0 saturated carbocycles. The Bertz CT molecular complexity index is 1120. The van der Waals surface area contributed by atoms with Crippen LogP contribution in [-0.4, -0.2) is 22.6 Å². The molecule has 5 nitrogen and oxygen atoms in total. The highest BCUT2D eigenvalue weighted by atomic mass is 35.5. The van der Waals surface area contributed by atoms with Crippen LogP contribution in [0.3, 0.4) is 0 Å². The van der Waals surface area contributed by atoms with Gasteiger partial charge in [-0.15, -0.1) is 0 Å². The topological polar surface area (TPSA) is 61.2 Å². The van der Waals surface area contributed by atoms with Crippen molar-refractivity contribution >= 4 is 29.2 Å². The number of nitrogens with zero attached hydrogens (tertiary/aromatic N) is 2. The number of hydrogen-bond acceptors (Lipinski definition) is 4. The van der Waals surface area contributed by atoms with E-state index in [9.17, 15) is 9.59 Å². The molecule has 3 aromatic rings. The molecule has 0 unspecified atom stereocenters. The Labute approximate surface area is 172 Å². The van der Waals surface area contributed by atoms with E-state index in [1.165, 1.54) is 13.3 Å². The fourth-order valence-corrected chi connectivity index (χ4v) is 3.50. The molecule has 0 amide bonds. The van der Waals surface area contributed by atoms with Crippen LogP contribution >= 0.6 is 23.2 Å². The van der Waals surface area contributed by atoms with Crippen molar-refractivity contribution in [2.75, 3.05) is 7.11 Å². The minimum Gasteiger partial charge on any atom is -0.465 e. The van der Waals surface area contributed by atoms with Crippen LogP contribution < -0.4 is 5.43 Å². The number of hydrogen-bond donors (Lipinski definition) is 0. The summed E-state index contributed by atoms with van der Waals surface area (Å²) in [5, 5.41) is 0.822. The number of esters is 1. The third-order valence-corrected chi connectivity index (χ3v) is 5.22. The first-order valence-electron chi connectivity index (χ1n) is 8.61. The van der Waals surface area contributed by atoms with E-state index in [0.717, 1.165) is 11.3 Å². The van der Waals surface area contributed by atoms with Gasteiger partial charge in [-0.2, -0.15) is 0 Å². The number of halogens is 2. The molecule has 0 fully saturated rings. The van der Waals surface area contributed by atoms with Crippen LogP contribution in [0.15, 0.2) is 47.5 Å². The van der Waals surface area contributed by atoms with Crippen molar-refractivity contribution in [1.29, 1.82) is 0 Å². The second kappa shape index (κ2) is 8.17. The number of ether oxygens (including phenoxy) is 1. The van der Waals surface area contributed by atoms with E-state index < -0.39 is 5.97 Å². The van der Waals surface area contributed by atoms with E-state index in [-0.39, 0.29) is 11.0 Å². The molecular weight excluding hydrogens is 399 g/mol. The zero-order chi connectivity index (χ0) is 20.4. The monoisotopic (exact) mass is 416 g/mol. The molecule has 28 heavy (non-hydrogen) atoms. The number of carbonyl (C=O) groups is 1. The van der Waals surface area contributed by atoms with Gasteiger partial charge >= 0.3 is 5.97 Å². The Kier molecular flexibility index (Phi) is 5.87. The quantitative estimate of drug-likeness (QED) is 0.561. The summed E-state index contributed by atoms with van der Waals surface area (Å²) in [5.74, 6) is -0.520. The maximum Gasteiger partial charge on any atom is 0.339 e. The van der Waals surface area contributed by atoms with Gasteiger partial charge in [0, 0.05) is 41.8 Å². The average molecular weight is 417 g/mol. The number of pyridine rings is 2. The molecule has 1 aromatic carbocycles. The molecule has 0 N–H and O–H groups in total. The van der Waals surface area contributed by atoms with Crippen molar-refractivity contribution < 1.29 is 9.53 Å². The molecule has 0 radical (unpaired) electrons. The summed E-state index contributed by atoms with van der Waals surface area (Å²) in [5.41, 5.74) is 3.30. The summed E-state index contributed by atoms with van der Waals surface area (Å²) in [7, 11) is 1.30. The van der Waals surface area contributed by atoms with Crippen LogP contribution in [0, 0.1) is 6.92 Å². The Morgan fingerprint density at radius 1 is 1.11 bits per heavy atom. The van der Waals surface area contributed by atoms with Gasteiger partial charge in [0.1, 0.15) is 0 Å². The van der Waals surface area contributed by atoms with Gasteiger partial charge < -0.3 is 9.30 Å². The van der Waals surface area contributed by atoms with Gasteiger partial charge in [-0.1, -0.05) is 29.3 Å². The van der Waals surface area contributed by atoms with Crippen LogP contribution in [-0.2, 0) is 11.3 Å². The minimum absolute atomic E-state index is 0.174. The van der Waals surface area contributed by atoms with Gasteiger partial charge in [-0.05, 0) is 32.0 Å². The molecule has 0 saturated heterocycles. The Morgan fingerprint density at radius 3 is 2.50 bits per heavy atom. The van der Waals surface area contributed by atoms with E-state index >= 15 is 0 Å². The first-order valence-corrected chi connectivity index (χ1v) is 9.36. The number of methoxy groups -OCH3 is 1. The van der Waals surface area contributed by atoms with E-state index in [1.807, 2.05) is 24.5 Å². The van der Waals surface area contributed by atoms with Crippen LogP contribution in [0.5, 0.6) is 0 Å². The summed E-state index contributed by atoms with van der Waals surface area (Å²) in [6, 6.07) is 8.41. The van der Waals surface area contributed by atoms with E-state index in [2.05, 4.69) is 4.98 Å². The van der Waals surface area contributed by atoms with Crippen molar-refractivity contribution in [3.8, 4) is 22.4 Å². The van der Waals surface area contributed by atoms with Crippen LogP contribution in [0.1, 0.15) is 23.0 Å². The Morgan fingerprint density at radius 2 is 1.86 bits per heavy atom. The summed E-state index contributed by atoms with van der Waals surface area (Å²) < 4.78 is 6.79. The predicted octanol–water partition coefficient (Wildman–Crippen LogP) is 5.00. The Balaban J connectivity index is 2.37. The lowest BCUT2D eigenvalue weighted by molar-refractivity contribution is 0.0600. The molecule has 2 aromatic heterocycles. The lowest BCUT2D eigenvalue weighted by Gasteiger charge is -2.20. The van der Waals surface area contributed by atoms with E-state index in [1.54, 1.807) is 30.5 Å². The molecule has 0 aliphatic rings. The number of aryl methyl sites for hydroxylation is 1. The van der Waals surface area contributed by atoms with Crippen LogP contribution in [0.4, 0.5) is 0 Å². The standard InChI is InChI=1S/C21H18Cl2N2O3/c1-4-25-12(2)7-18(26)19(14-8-15(11-24-10-14)21(27)28-3)20(25)13-5-6-16(22)17(23)9-13/h5-11H,4H2,1-3H3. The van der Waals surface area contributed by atoms with Gasteiger partial charge in [0.15, 0.2) is 5.43 Å². The predicted molar refractivity (Wildman–Crippen MR) is 111 cm³/mol. The number of carbonyl (C=O) groups excluding carboxylic acids is 1. The highest BCUT2D eigenvalue weighted by Crippen LogP contribution is 2.34. The number of benzene rings is 1. The summed E-state index contributed by atoms with van der Waals surface area (Å²) in [6.07, 6.45) is 2.96. The first kappa shape index (κ1) is 20.1. The number of rotatable bonds is 4. The second-order valence-electron chi connectivity index (χ2n) is 6.20. The molecule has 144 valence electrons. The largest absolute Gasteiger partial charge is 0.465 e. The lowest BCUT2D eigenvalue weighted by atomic mass is 9.97. The highest BCUT2D eigenvalue weighted by molar-refractivity contribution is 6.42. The molecule has 0 aliphatic carbocycles. The Hall–Kier alpha value is -2.63. The lowest BCUT2D eigenvalue weighted by Crippen LogP contribution is -2.16. The summed E-state index contributed by atoms with van der Waals surface area (Å²) in [4.78, 5) is 29.0. The van der Waals surface area contributed by atoms with E-state index in [4.69, 9.17) is 27.9 Å². The van der Waals surface area contributed by atoms with Gasteiger partial charge in [-0.25, -0.2) is 4.79 Å². The van der Waals surface area contributed by atoms with Crippen LogP contribution in [0.25, 0.3) is 22.4 Å². The fourth-order valence-electron chi connectivity index (χ4n) is 3.20. The molecule has 0 aliphatic heterocycles. The van der Waals surface area contributed by atoms with Crippen molar-refractivity contribution in [3.05, 3.63) is 74.3 Å². The summed E-state index contributed by atoms with van der Waals surface area (Å²) in [6.45, 7) is 4.50. The second-order valence-corrected chi connectivity index (χ2v) is 7.01. The average Bonchev–Trinajstić information content (AvgIpc) is 2.69. The number of aromatic nitrogens is 2. The molecule has 0 spiro atoms. The molecular formula is C21H18Cl2N2O3. The third-order valence-electron chi connectivity index (χ3n) is 4.48. The molecule has 7 heteroatoms. The highest BCUT2D eigenvalue weighted by Gasteiger charge is 2.19. The smallest absolute Gasteiger partial charge is 0.339 e. The van der Waals surface area contributed by atoms with Crippen molar-refractivity contribution in [2.24, 2.45) is 0 Å². The minimum atomic E-state index is -0.520. The molecule has 0 atom stereocenters. The SMILES string of the molecule is CCn1c(C)cc(=O)c(-c2cncc(C(=O)OC)c2)c1-c1ccc(Cl)c(Cl)c1. The zero-order valence-electron chi connectivity index (χ0n) is 15.6. The zero-order valence-corrected chi connectivity index (χ0v) is 17.1. The van der Waals surface area contributed by atoms with Crippen molar-refractivity contribution in [1.82, 2.24) is 9.55 Å². The van der Waals surface area contributed by atoms with Gasteiger partial charge in [0.2, 0.25) is 0 Å². The maximum atomic E-state index is 13.0. The third kappa shape index (κ3) is 3.68. The van der Waals surface area contributed by atoms with Gasteiger partial charge in [-0.3, -0.25) is 9.78 Å². The molecule has 0 bridgehead atoms. The maximum absolute atomic E-state index is 13.0. The van der Waals surface area contributed by atoms with E-state index in [0.29, 0.717) is 33.4 Å². The summed E-state index contributed by atoms with van der Waals surface area (Å²) >= 11 is 12.3. The van der Waals surface area contributed by atoms with Crippen molar-refractivity contribution in [3.63, 3.8) is 0 Å². The normalized spacial score (nSPS) is 10.8. The fraction of sp³-hybridized carbons (Fsp3) is 0.190. The van der Waals surface area contributed by atoms with Gasteiger partial charge in [0.25, 0.3) is 0 Å². The first-order chi connectivity index (χ1) is 13.4.